The van der Waals surface area contributed by atoms with Crippen LogP contribution in [0.15, 0.2) is 24.3 Å². The molecule has 0 aliphatic carbocycles. The molecule has 0 spiro atoms. The number of aryl methyl sites for hydroxylation is 1. The first-order valence-corrected chi connectivity index (χ1v) is 5.56. The van der Waals surface area contributed by atoms with Gasteiger partial charge in [0.15, 0.2) is 5.78 Å². The van der Waals surface area contributed by atoms with E-state index in [2.05, 4.69) is 0 Å². The van der Waals surface area contributed by atoms with Crippen molar-refractivity contribution in [2.75, 3.05) is 13.2 Å². The molecule has 0 amide bonds. The fraction of sp³-hybridized carbons (Fsp3) is 0.462. The van der Waals surface area contributed by atoms with E-state index in [4.69, 9.17) is 10.5 Å². The van der Waals surface area contributed by atoms with E-state index in [0.717, 1.165) is 5.56 Å². The minimum Gasteiger partial charge on any atom is -0.379 e. The summed E-state index contributed by atoms with van der Waals surface area (Å²) < 4.78 is 5.19. The molecular formula is C13H17NO2. The number of hydrogen-bond acceptors (Lipinski definition) is 3. The molecule has 0 radical (unpaired) electrons. The smallest absolute Gasteiger partial charge is 0.159 e. The fourth-order valence-corrected chi connectivity index (χ4v) is 1.87. The second kappa shape index (κ2) is 4.36. The molecular weight excluding hydrogens is 202 g/mol. The predicted molar refractivity (Wildman–Crippen MR) is 62.2 cm³/mol. The van der Waals surface area contributed by atoms with Gasteiger partial charge in [0.2, 0.25) is 0 Å². The lowest BCUT2D eigenvalue weighted by Crippen LogP contribution is -2.49. The van der Waals surface area contributed by atoms with Gasteiger partial charge in [0.25, 0.3) is 0 Å². The molecule has 1 atom stereocenters. The highest BCUT2D eigenvalue weighted by atomic mass is 16.5. The van der Waals surface area contributed by atoms with Crippen molar-refractivity contribution in [1.29, 1.82) is 0 Å². The Morgan fingerprint density at radius 3 is 2.69 bits per heavy atom. The Morgan fingerprint density at radius 2 is 2.12 bits per heavy atom. The maximum Gasteiger partial charge on any atom is 0.159 e. The van der Waals surface area contributed by atoms with Gasteiger partial charge in [0.1, 0.15) is 5.54 Å². The van der Waals surface area contributed by atoms with E-state index in [1.807, 2.05) is 31.2 Å². The number of carbonyl (C=O) groups excluding carboxylic acids is 1. The summed E-state index contributed by atoms with van der Waals surface area (Å²) in [7, 11) is 0. The van der Waals surface area contributed by atoms with Gasteiger partial charge in [-0.2, -0.15) is 0 Å². The number of ketones is 1. The Labute approximate surface area is 95.6 Å². The lowest BCUT2D eigenvalue weighted by atomic mass is 9.90. The van der Waals surface area contributed by atoms with Gasteiger partial charge in [0.05, 0.1) is 6.61 Å². The Balaban J connectivity index is 2.04. The summed E-state index contributed by atoms with van der Waals surface area (Å²) in [5.74, 6) is 0.0776. The molecule has 86 valence electrons. The average molecular weight is 219 g/mol. The molecule has 1 saturated heterocycles. The molecule has 1 aromatic carbocycles. The lowest BCUT2D eigenvalue weighted by Gasteiger charge is -2.19. The minimum absolute atomic E-state index is 0.0776. The van der Waals surface area contributed by atoms with Crippen molar-refractivity contribution < 1.29 is 9.53 Å². The third-order valence-electron chi connectivity index (χ3n) is 3.09. The topological polar surface area (TPSA) is 52.3 Å². The summed E-state index contributed by atoms with van der Waals surface area (Å²) in [6, 6.07) is 7.98. The van der Waals surface area contributed by atoms with Crippen molar-refractivity contribution in [3.05, 3.63) is 35.4 Å². The Hall–Kier alpha value is -1.19. The molecule has 1 fully saturated rings. The van der Waals surface area contributed by atoms with Crippen molar-refractivity contribution in [2.45, 2.75) is 25.3 Å². The van der Waals surface area contributed by atoms with Gasteiger partial charge < -0.3 is 10.5 Å². The van der Waals surface area contributed by atoms with Crippen molar-refractivity contribution in [3.63, 3.8) is 0 Å². The van der Waals surface area contributed by atoms with Crippen molar-refractivity contribution >= 4 is 5.78 Å². The Kier molecular flexibility index (Phi) is 3.08. The Bertz CT molecular complexity index is 377. The molecule has 2 rings (SSSR count). The van der Waals surface area contributed by atoms with E-state index in [1.165, 1.54) is 5.56 Å². The van der Waals surface area contributed by atoms with Crippen molar-refractivity contribution in [2.24, 2.45) is 5.73 Å². The number of carbonyl (C=O) groups is 1. The summed E-state index contributed by atoms with van der Waals surface area (Å²) >= 11 is 0. The van der Waals surface area contributed by atoms with Crippen LogP contribution in [0.2, 0.25) is 0 Å². The predicted octanol–water partition coefficient (Wildman–Crippen LogP) is 1.22. The van der Waals surface area contributed by atoms with E-state index in [0.29, 0.717) is 26.1 Å². The normalized spacial score (nSPS) is 24.6. The van der Waals surface area contributed by atoms with Gasteiger partial charge in [-0.25, -0.2) is 0 Å². The van der Waals surface area contributed by atoms with E-state index < -0.39 is 5.54 Å². The molecule has 1 aliphatic rings. The average Bonchev–Trinajstić information content (AvgIpc) is 2.70. The van der Waals surface area contributed by atoms with E-state index >= 15 is 0 Å². The van der Waals surface area contributed by atoms with Gasteiger partial charge in [-0.1, -0.05) is 29.8 Å². The first-order chi connectivity index (χ1) is 7.60. The molecule has 0 saturated carbocycles. The van der Waals surface area contributed by atoms with Crippen LogP contribution >= 0.6 is 0 Å². The van der Waals surface area contributed by atoms with E-state index in [1.54, 1.807) is 0 Å². The summed E-state index contributed by atoms with van der Waals surface area (Å²) in [5, 5.41) is 0. The highest BCUT2D eigenvalue weighted by molar-refractivity contribution is 5.90. The maximum atomic E-state index is 12.0. The second-order valence-corrected chi connectivity index (χ2v) is 4.54. The highest BCUT2D eigenvalue weighted by Crippen LogP contribution is 2.19. The summed E-state index contributed by atoms with van der Waals surface area (Å²) in [5.41, 5.74) is 7.46. The molecule has 0 aromatic heterocycles. The molecule has 1 aliphatic heterocycles. The molecule has 2 N–H and O–H groups in total. The third kappa shape index (κ3) is 2.31. The fourth-order valence-electron chi connectivity index (χ4n) is 1.87. The highest BCUT2D eigenvalue weighted by Gasteiger charge is 2.37. The summed E-state index contributed by atoms with van der Waals surface area (Å²) in [4.78, 5) is 12.0. The molecule has 1 heterocycles. The van der Waals surface area contributed by atoms with Crippen LogP contribution in [0.5, 0.6) is 0 Å². The largest absolute Gasteiger partial charge is 0.379 e. The van der Waals surface area contributed by atoms with Gasteiger partial charge in [-0.15, -0.1) is 0 Å². The second-order valence-electron chi connectivity index (χ2n) is 4.54. The number of benzene rings is 1. The van der Waals surface area contributed by atoms with Gasteiger partial charge in [-0.3, -0.25) is 4.79 Å². The maximum absolute atomic E-state index is 12.0. The van der Waals surface area contributed by atoms with E-state index in [9.17, 15) is 4.79 Å². The lowest BCUT2D eigenvalue weighted by molar-refractivity contribution is -0.123. The zero-order valence-corrected chi connectivity index (χ0v) is 9.53. The first kappa shape index (κ1) is 11.3. The molecule has 1 unspecified atom stereocenters. The van der Waals surface area contributed by atoms with Gasteiger partial charge >= 0.3 is 0 Å². The number of hydrogen-bond donors (Lipinski definition) is 1. The van der Waals surface area contributed by atoms with Crippen LogP contribution in [0.25, 0.3) is 0 Å². The summed E-state index contributed by atoms with van der Waals surface area (Å²) in [6.45, 7) is 2.98. The van der Waals surface area contributed by atoms with Crippen molar-refractivity contribution in [3.8, 4) is 0 Å². The number of Topliss-reactive ketones (excluding diaryl/α,β-unsaturated/α-hetero) is 1. The number of rotatable bonds is 3. The van der Waals surface area contributed by atoms with Crippen LogP contribution in [0.4, 0.5) is 0 Å². The molecule has 3 heteroatoms. The minimum atomic E-state index is -0.759. The van der Waals surface area contributed by atoms with Gasteiger partial charge in [-0.05, 0) is 18.9 Å². The zero-order chi connectivity index (χ0) is 11.6. The quantitative estimate of drug-likeness (QED) is 0.831. The molecule has 16 heavy (non-hydrogen) atoms. The molecule has 0 bridgehead atoms. The van der Waals surface area contributed by atoms with E-state index in [-0.39, 0.29) is 5.78 Å². The van der Waals surface area contributed by atoms with Crippen LogP contribution in [0.1, 0.15) is 17.5 Å². The third-order valence-corrected chi connectivity index (χ3v) is 3.09. The molecule has 3 nitrogen and oxygen atoms in total. The first-order valence-electron chi connectivity index (χ1n) is 5.56. The van der Waals surface area contributed by atoms with Crippen LogP contribution in [-0.2, 0) is 16.0 Å². The van der Waals surface area contributed by atoms with Crippen molar-refractivity contribution in [1.82, 2.24) is 0 Å². The van der Waals surface area contributed by atoms with Crippen LogP contribution in [-0.4, -0.2) is 24.5 Å². The van der Waals surface area contributed by atoms with Crippen LogP contribution < -0.4 is 5.73 Å². The van der Waals surface area contributed by atoms with Crippen LogP contribution in [0.3, 0.4) is 0 Å². The standard InChI is InChI=1S/C13H17NO2/c1-10-2-4-11(5-3-10)8-12(15)13(14)6-7-16-9-13/h2-5H,6-9,14H2,1H3. The van der Waals surface area contributed by atoms with Crippen LogP contribution in [0, 0.1) is 6.92 Å². The Morgan fingerprint density at radius 1 is 1.44 bits per heavy atom. The summed E-state index contributed by atoms with van der Waals surface area (Å²) in [6.07, 6.45) is 1.04. The van der Waals surface area contributed by atoms with Gasteiger partial charge in [0, 0.05) is 13.0 Å². The monoisotopic (exact) mass is 219 g/mol. The SMILES string of the molecule is Cc1ccc(CC(=O)C2(N)CCOC2)cc1. The number of ether oxygens (including phenoxy) is 1. The number of nitrogens with two attached hydrogens (primary N) is 1. The molecule has 1 aromatic rings. The zero-order valence-electron chi connectivity index (χ0n) is 9.53.